The number of hydrogen-bond acceptors (Lipinski definition) is 5. The van der Waals surface area contributed by atoms with Crippen molar-refractivity contribution in [3.8, 4) is 0 Å². The second kappa shape index (κ2) is 7.27. The molecule has 0 aromatic heterocycles. The number of nitrogens with zero attached hydrogens (tertiary/aromatic N) is 2. The molecule has 25 heavy (non-hydrogen) atoms. The number of fused-ring (bicyclic) bond motifs is 1. The van der Waals surface area contributed by atoms with Gasteiger partial charge in [-0.2, -0.15) is 0 Å². The van der Waals surface area contributed by atoms with E-state index < -0.39 is 17.9 Å². The van der Waals surface area contributed by atoms with Crippen molar-refractivity contribution >= 4 is 17.6 Å². The van der Waals surface area contributed by atoms with E-state index in [0.717, 1.165) is 10.6 Å². The highest BCUT2D eigenvalue weighted by atomic mass is 16.5. The van der Waals surface area contributed by atoms with E-state index in [1.54, 1.807) is 31.2 Å². The summed E-state index contributed by atoms with van der Waals surface area (Å²) in [7, 11) is 0. The molecule has 0 spiro atoms. The Morgan fingerprint density at radius 1 is 1.16 bits per heavy atom. The van der Waals surface area contributed by atoms with Crippen LogP contribution in [0.2, 0.25) is 0 Å². The van der Waals surface area contributed by atoms with Crippen molar-refractivity contribution in [3.05, 3.63) is 70.7 Å². The first-order valence-electron chi connectivity index (χ1n) is 8.03. The molecule has 2 aromatic carbocycles. The molecule has 6 heteroatoms. The minimum atomic E-state index is -1.14. The molecule has 1 aliphatic heterocycles. The highest BCUT2D eigenvalue weighted by molar-refractivity contribution is 5.89. The minimum Gasteiger partial charge on any atom is -0.466 e. The Hall–Kier alpha value is -2.99. The molecule has 1 N–H and O–H groups in total. The lowest BCUT2D eigenvalue weighted by atomic mass is 10.1. The van der Waals surface area contributed by atoms with Crippen molar-refractivity contribution in [2.75, 3.05) is 6.61 Å². The van der Waals surface area contributed by atoms with Gasteiger partial charge >= 0.3 is 5.97 Å². The van der Waals surface area contributed by atoms with Crippen LogP contribution < -0.4 is 10.6 Å². The largest absolute Gasteiger partial charge is 0.466 e. The number of amides is 1. The molecule has 3 rings (SSSR count). The molecule has 1 unspecified atom stereocenters. The van der Waals surface area contributed by atoms with Crippen molar-refractivity contribution < 1.29 is 19.5 Å². The third kappa shape index (κ3) is 3.44. The Morgan fingerprint density at radius 3 is 2.56 bits per heavy atom. The molecule has 0 fully saturated rings. The third-order valence-corrected chi connectivity index (χ3v) is 3.91. The summed E-state index contributed by atoms with van der Waals surface area (Å²) in [5.74, 6) is -1.15. The number of hydrogen-bond donors (Lipinski definition) is 1. The van der Waals surface area contributed by atoms with E-state index in [9.17, 15) is 14.8 Å². The smallest absolute Gasteiger partial charge is 0.308 e. The molecule has 1 amide bonds. The van der Waals surface area contributed by atoms with Crippen LogP contribution in [0.25, 0.3) is 5.70 Å². The van der Waals surface area contributed by atoms with E-state index >= 15 is 0 Å². The summed E-state index contributed by atoms with van der Waals surface area (Å²) < 4.78 is 4.92. The van der Waals surface area contributed by atoms with Crippen LogP contribution >= 0.6 is 0 Å². The summed E-state index contributed by atoms with van der Waals surface area (Å²) in [6, 6.07) is 15.1. The average molecular weight is 338 g/mol. The summed E-state index contributed by atoms with van der Waals surface area (Å²) in [6.07, 6.45) is -0.281. The second-order valence-electron chi connectivity index (χ2n) is 5.55. The molecule has 2 aromatic rings. The Labute approximate surface area is 144 Å². The summed E-state index contributed by atoms with van der Waals surface area (Å²) in [6.45, 7) is 1.89. The first kappa shape index (κ1) is 16.9. The van der Waals surface area contributed by atoms with Crippen molar-refractivity contribution in [2.24, 2.45) is 4.99 Å². The Morgan fingerprint density at radius 2 is 1.84 bits per heavy atom. The van der Waals surface area contributed by atoms with Crippen LogP contribution in [-0.4, -0.2) is 34.8 Å². The van der Waals surface area contributed by atoms with Gasteiger partial charge in [-0.3, -0.25) is 14.8 Å². The fraction of sp³-hybridized carbons (Fsp3) is 0.211. The first-order chi connectivity index (χ1) is 12.1. The molecule has 128 valence electrons. The lowest BCUT2D eigenvalue weighted by Crippen LogP contribution is -2.40. The van der Waals surface area contributed by atoms with Gasteiger partial charge in [0.15, 0.2) is 0 Å². The monoisotopic (exact) mass is 338 g/mol. The highest BCUT2D eigenvalue weighted by Crippen LogP contribution is 2.20. The van der Waals surface area contributed by atoms with Gasteiger partial charge in [0.2, 0.25) is 0 Å². The number of benzene rings is 2. The summed E-state index contributed by atoms with van der Waals surface area (Å²) in [5.41, 5.74) is 1.15. The van der Waals surface area contributed by atoms with Gasteiger partial charge in [-0.15, -0.1) is 0 Å². The van der Waals surface area contributed by atoms with Crippen molar-refractivity contribution in [2.45, 2.75) is 19.4 Å². The van der Waals surface area contributed by atoms with Gasteiger partial charge in [0, 0.05) is 10.8 Å². The number of carbonyl (C=O) groups is 2. The Bertz CT molecular complexity index is 909. The van der Waals surface area contributed by atoms with Gasteiger partial charge in [0.1, 0.15) is 6.04 Å². The van der Waals surface area contributed by atoms with Crippen LogP contribution in [0.4, 0.5) is 0 Å². The molecule has 0 bridgehead atoms. The predicted molar refractivity (Wildman–Crippen MR) is 89.8 cm³/mol. The van der Waals surface area contributed by atoms with Gasteiger partial charge in [0.05, 0.1) is 24.1 Å². The quantitative estimate of drug-likeness (QED) is 0.842. The maximum absolute atomic E-state index is 12.5. The second-order valence-corrected chi connectivity index (χ2v) is 5.55. The predicted octanol–water partition coefficient (Wildman–Crippen LogP) is 1.02. The Balaban J connectivity index is 2.18. The fourth-order valence-corrected chi connectivity index (χ4v) is 2.78. The molecule has 0 saturated heterocycles. The van der Waals surface area contributed by atoms with Gasteiger partial charge in [0.25, 0.3) is 5.91 Å². The summed E-state index contributed by atoms with van der Waals surface area (Å²) in [4.78, 5) is 28.5. The van der Waals surface area contributed by atoms with E-state index in [2.05, 4.69) is 4.99 Å². The SMILES string of the molecule is CCOC(=O)CC1C(=O)N=c2ccccc2=C(c2ccccc2)N1O. The van der Waals surface area contributed by atoms with Crippen molar-refractivity contribution in [1.82, 2.24) is 5.06 Å². The maximum Gasteiger partial charge on any atom is 0.308 e. The van der Waals surface area contributed by atoms with Gasteiger partial charge in [-0.05, 0) is 13.0 Å². The van der Waals surface area contributed by atoms with Gasteiger partial charge in [-0.1, -0.05) is 48.5 Å². The van der Waals surface area contributed by atoms with Gasteiger partial charge < -0.3 is 4.74 Å². The van der Waals surface area contributed by atoms with Crippen LogP contribution in [0, 0.1) is 0 Å². The molecule has 1 heterocycles. The van der Waals surface area contributed by atoms with Crippen LogP contribution in [-0.2, 0) is 14.3 Å². The Kier molecular flexibility index (Phi) is 4.90. The lowest BCUT2D eigenvalue weighted by molar-refractivity contribution is -0.153. The van der Waals surface area contributed by atoms with E-state index in [-0.39, 0.29) is 13.0 Å². The summed E-state index contributed by atoms with van der Waals surface area (Å²) >= 11 is 0. The molecule has 0 aliphatic carbocycles. The number of hydroxylamine groups is 2. The van der Waals surface area contributed by atoms with Crippen LogP contribution in [0.3, 0.4) is 0 Å². The molecular weight excluding hydrogens is 320 g/mol. The van der Waals surface area contributed by atoms with E-state index in [1.807, 2.05) is 30.3 Å². The molecule has 1 aliphatic rings. The maximum atomic E-state index is 12.5. The zero-order valence-corrected chi connectivity index (χ0v) is 13.8. The summed E-state index contributed by atoms with van der Waals surface area (Å²) in [5, 5.41) is 12.7. The number of esters is 1. The minimum absolute atomic E-state index is 0.206. The van der Waals surface area contributed by atoms with Crippen molar-refractivity contribution in [3.63, 3.8) is 0 Å². The van der Waals surface area contributed by atoms with Crippen LogP contribution in [0.5, 0.6) is 0 Å². The van der Waals surface area contributed by atoms with E-state index in [4.69, 9.17) is 4.74 Å². The van der Waals surface area contributed by atoms with Crippen LogP contribution in [0.15, 0.2) is 59.6 Å². The standard InChI is InChI=1S/C19H18N2O4/c1-2-25-17(22)12-16-19(23)20-15-11-7-6-10-14(15)18(21(16)24)13-8-4-3-5-9-13/h3-11,16,24H,2,12H2,1H3. The first-order valence-corrected chi connectivity index (χ1v) is 8.03. The lowest BCUT2D eigenvalue weighted by Gasteiger charge is -2.26. The van der Waals surface area contributed by atoms with Crippen LogP contribution in [0.1, 0.15) is 18.9 Å². The number of ether oxygens (including phenoxy) is 1. The molecule has 0 radical (unpaired) electrons. The van der Waals surface area contributed by atoms with Gasteiger partial charge in [-0.25, -0.2) is 10.1 Å². The molecule has 6 nitrogen and oxygen atoms in total. The zero-order chi connectivity index (χ0) is 17.8. The van der Waals surface area contributed by atoms with E-state index in [1.165, 1.54) is 0 Å². The third-order valence-electron chi connectivity index (χ3n) is 3.91. The number of carbonyl (C=O) groups excluding carboxylic acids is 2. The molecule has 1 atom stereocenters. The number of rotatable bonds is 4. The normalized spacial score (nSPS) is 16.7. The van der Waals surface area contributed by atoms with E-state index in [0.29, 0.717) is 16.3 Å². The topological polar surface area (TPSA) is 79.2 Å². The number of para-hydroxylation sites is 1. The zero-order valence-electron chi connectivity index (χ0n) is 13.8. The highest BCUT2D eigenvalue weighted by Gasteiger charge is 2.32. The molecule has 0 saturated carbocycles. The molecular formula is C19H18N2O4. The van der Waals surface area contributed by atoms with Crippen molar-refractivity contribution in [1.29, 1.82) is 0 Å². The average Bonchev–Trinajstić information content (AvgIpc) is 2.71. The fourth-order valence-electron chi connectivity index (χ4n) is 2.78.